The normalized spacial score (nSPS) is 10.5. The molecule has 26 heavy (non-hydrogen) atoms. The highest BCUT2D eigenvalue weighted by molar-refractivity contribution is 6.33. The van der Waals surface area contributed by atoms with Crippen molar-refractivity contribution in [1.82, 2.24) is 4.98 Å². The van der Waals surface area contributed by atoms with Crippen LogP contribution in [0.25, 0.3) is 10.9 Å². The van der Waals surface area contributed by atoms with Crippen LogP contribution in [0.2, 0.25) is 5.02 Å². The van der Waals surface area contributed by atoms with Crippen molar-refractivity contribution in [1.29, 1.82) is 0 Å². The number of carbonyl (C=O) groups is 2. The Balaban J connectivity index is 1.65. The quantitative estimate of drug-likeness (QED) is 0.403. The average molecular weight is 374 g/mol. The van der Waals surface area contributed by atoms with Crippen LogP contribution in [0.4, 0.5) is 11.4 Å². The van der Waals surface area contributed by atoms with E-state index in [-0.39, 0.29) is 16.4 Å². The van der Waals surface area contributed by atoms with Crippen LogP contribution in [0, 0.1) is 10.1 Å². The molecule has 132 valence electrons. The van der Waals surface area contributed by atoms with Gasteiger partial charge in [-0.1, -0.05) is 29.8 Å². The number of hydrogen-bond acceptors (Lipinski definition) is 5. The van der Waals surface area contributed by atoms with E-state index in [1.807, 2.05) is 12.1 Å². The van der Waals surface area contributed by atoms with Crippen LogP contribution in [0.15, 0.2) is 48.7 Å². The lowest BCUT2D eigenvalue weighted by molar-refractivity contribution is -0.384. The number of anilines is 1. The van der Waals surface area contributed by atoms with Crippen molar-refractivity contribution in [2.75, 3.05) is 11.9 Å². The first-order chi connectivity index (χ1) is 12.5. The van der Waals surface area contributed by atoms with Gasteiger partial charge in [-0.15, -0.1) is 0 Å². The number of hydrogen-bond donors (Lipinski definition) is 2. The number of para-hydroxylation sites is 1. The molecule has 1 aromatic heterocycles. The predicted molar refractivity (Wildman–Crippen MR) is 95.3 cm³/mol. The molecule has 8 nitrogen and oxygen atoms in total. The molecule has 0 saturated heterocycles. The number of carbonyl (C=O) groups excluding carboxylic acids is 2. The molecule has 2 aromatic carbocycles. The van der Waals surface area contributed by atoms with Gasteiger partial charge < -0.3 is 15.0 Å². The molecule has 0 aliphatic heterocycles. The third-order valence-corrected chi connectivity index (χ3v) is 3.91. The minimum absolute atomic E-state index is 0.0639. The number of halogens is 1. The van der Waals surface area contributed by atoms with E-state index in [9.17, 15) is 19.7 Å². The predicted octanol–water partition coefficient (Wildman–Crippen LogP) is 3.53. The van der Waals surface area contributed by atoms with Gasteiger partial charge >= 0.3 is 5.97 Å². The number of nitro benzene ring substituents is 1. The highest BCUT2D eigenvalue weighted by Gasteiger charge is 2.16. The molecule has 0 aliphatic carbocycles. The van der Waals surface area contributed by atoms with Crippen LogP contribution in [-0.4, -0.2) is 28.4 Å². The van der Waals surface area contributed by atoms with E-state index in [1.54, 1.807) is 12.1 Å². The molecule has 0 aliphatic rings. The Hall–Kier alpha value is -3.39. The van der Waals surface area contributed by atoms with Gasteiger partial charge in [-0.3, -0.25) is 14.9 Å². The molecule has 0 atom stereocenters. The molecule has 2 N–H and O–H groups in total. The van der Waals surface area contributed by atoms with Gasteiger partial charge in [0.2, 0.25) is 0 Å². The molecule has 0 bridgehead atoms. The molecule has 0 radical (unpaired) electrons. The molecule has 1 amide bonds. The summed E-state index contributed by atoms with van der Waals surface area (Å²) in [7, 11) is 0. The number of ether oxygens (including phenoxy) is 1. The number of nitrogens with one attached hydrogen (secondary N) is 2. The van der Waals surface area contributed by atoms with Gasteiger partial charge in [0, 0.05) is 29.2 Å². The van der Waals surface area contributed by atoms with Crippen LogP contribution in [0.3, 0.4) is 0 Å². The number of rotatable bonds is 5. The summed E-state index contributed by atoms with van der Waals surface area (Å²) in [5.74, 6) is -1.33. The minimum atomic E-state index is -0.666. The summed E-state index contributed by atoms with van der Waals surface area (Å²) in [5.41, 5.74) is 0.920. The molecule has 0 unspecified atom stereocenters. The summed E-state index contributed by atoms with van der Waals surface area (Å²) in [6, 6.07) is 10.8. The number of non-ortho nitro benzene ring substituents is 1. The first kappa shape index (κ1) is 17.4. The summed E-state index contributed by atoms with van der Waals surface area (Å²) >= 11 is 5.91. The zero-order valence-electron chi connectivity index (χ0n) is 13.2. The molecule has 3 aromatic rings. The highest BCUT2D eigenvalue weighted by Crippen LogP contribution is 2.26. The number of H-pyrrole nitrogens is 1. The van der Waals surface area contributed by atoms with Crippen LogP contribution in [0.5, 0.6) is 0 Å². The Labute approximate surface area is 151 Å². The van der Waals surface area contributed by atoms with Gasteiger partial charge in [0.1, 0.15) is 0 Å². The van der Waals surface area contributed by atoms with Crippen molar-refractivity contribution in [2.45, 2.75) is 0 Å². The van der Waals surface area contributed by atoms with Crippen molar-refractivity contribution >= 4 is 45.8 Å². The first-order valence-corrected chi connectivity index (χ1v) is 7.80. The van der Waals surface area contributed by atoms with Crippen molar-refractivity contribution in [3.05, 3.63) is 69.4 Å². The number of amides is 1. The molecule has 3 rings (SSSR count). The smallest absolute Gasteiger partial charge is 0.340 e. The van der Waals surface area contributed by atoms with E-state index in [0.717, 1.165) is 11.6 Å². The van der Waals surface area contributed by atoms with Gasteiger partial charge in [-0.2, -0.15) is 0 Å². The fraction of sp³-hybridized carbons (Fsp3) is 0.0588. The Bertz CT molecular complexity index is 1010. The van der Waals surface area contributed by atoms with Gasteiger partial charge in [-0.05, 0) is 12.1 Å². The van der Waals surface area contributed by atoms with E-state index in [2.05, 4.69) is 10.3 Å². The summed E-state index contributed by atoms with van der Waals surface area (Å²) < 4.78 is 5.00. The molecule has 0 spiro atoms. The van der Waals surface area contributed by atoms with Crippen LogP contribution in [-0.2, 0) is 9.53 Å². The second-order valence-corrected chi connectivity index (χ2v) is 5.70. The van der Waals surface area contributed by atoms with E-state index in [1.165, 1.54) is 18.3 Å². The van der Waals surface area contributed by atoms with Crippen molar-refractivity contribution in [3.63, 3.8) is 0 Å². The number of benzene rings is 2. The van der Waals surface area contributed by atoms with Crippen molar-refractivity contribution < 1.29 is 19.2 Å². The Morgan fingerprint density at radius 2 is 2.00 bits per heavy atom. The highest BCUT2D eigenvalue weighted by atomic mass is 35.5. The number of fused-ring (bicyclic) bond motifs is 1. The topological polar surface area (TPSA) is 114 Å². The standard InChI is InChI=1S/C17H12ClN3O5/c18-13-6-5-10(21(24)25)7-15(13)20-16(22)9-26-17(23)12-8-19-14-4-2-1-3-11(12)14/h1-8,19H,9H2,(H,20,22). The molecule has 1 heterocycles. The SMILES string of the molecule is O=C(COC(=O)c1c[nH]c2ccccc12)Nc1cc([N+](=O)[O-])ccc1Cl. The fourth-order valence-electron chi connectivity index (χ4n) is 2.36. The van der Waals surface area contributed by atoms with Crippen molar-refractivity contribution in [3.8, 4) is 0 Å². The molecular formula is C17H12ClN3O5. The Morgan fingerprint density at radius 3 is 2.77 bits per heavy atom. The lowest BCUT2D eigenvalue weighted by Crippen LogP contribution is -2.21. The summed E-state index contributed by atoms with van der Waals surface area (Å²) in [5, 5.41) is 14.0. The summed E-state index contributed by atoms with van der Waals surface area (Å²) in [6.45, 7) is -0.558. The number of nitro groups is 1. The zero-order valence-corrected chi connectivity index (χ0v) is 13.9. The van der Waals surface area contributed by atoms with Gasteiger partial charge in [0.05, 0.1) is 21.2 Å². The van der Waals surface area contributed by atoms with Crippen LogP contribution >= 0.6 is 11.6 Å². The minimum Gasteiger partial charge on any atom is -0.452 e. The third kappa shape index (κ3) is 3.65. The number of aromatic amines is 1. The fourth-order valence-corrected chi connectivity index (χ4v) is 2.52. The first-order valence-electron chi connectivity index (χ1n) is 7.43. The Kier molecular flexibility index (Phi) is 4.85. The summed E-state index contributed by atoms with van der Waals surface area (Å²) in [4.78, 5) is 37.2. The second-order valence-electron chi connectivity index (χ2n) is 5.29. The average Bonchev–Trinajstić information content (AvgIpc) is 3.05. The summed E-state index contributed by atoms with van der Waals surface area (Å²) in [6.07, 6.45) is 1.50. The molecule has 0 fully saturated rings. The van der Waals surface area contributed by atoms with Gasteiger partial charge in [0.15, 0.2) is 6.61 Å². The van der Waals surface area contributed by atoms with E-state index in [0.29, 0.717) is 10.9 Å². The maximum Gasteiger partial charge on any atom is 0.340 e. The zero-order chi connectivity index (χ0) is 18.7. The van der Waals surface area contributed by atoms with E-state index >= 15 is 0 Å². The van der Waals surface area contributed by atoms with Crippen LogP contribution < -0.4 is 5.32 Å². The molecular weight excluding hydrogens is 362 g/mol. The maximum absolute atomic E-state index is 12.1. The van der Waals surface area contributed by atoms with Gasteiger partial charge in [0.25, 0.3) is 11.6 Å². The number of aromatic nitrogens is 1. The van der Waals surface area contributed by atoms with E-state index < -0.39 is 23.4 Å². The Morgan fingerprint density at radius 1 is 1.23 bits per heavy atom. The number of esters is 1. The third-order valence-electron chi connectivity index (χ3n) is 3.58. The van der Waals surface area contributed by atoms with Gasteiger partial charge in [-0.25, -0.2) is 4.79 Å². The number of nitrogens with zero attached hydrogens (tertiary/aromatic N) is 1. The monoisotopic (exact) mass is 373 g/mol. The van der Waals surface area contributed by atoms with E-state index in [4.69, 9.17) is 16.3 Å². The van der Waals surface area contributed by atoms with Crippen LogP contribution in [0.1, 0.15) is 10.4 Å². The molecule has 9 heteroatoms. The lowest BCUT2D eigenvalue weighted by atomic mass is 10.2. The largest absolute Gasteiger partial charge is 0.452 e. The lowest BCUT2D eigenvalue weighted by Gasteiger charge is -2.08. The van der Waals surface area contributed by atoms with Crippen molar-refractivity contribution in [2.24, 2.45) is 0 Å². The molecule has 0 saturated carbocycles. The second kappa shape index (κ2) is 7.24. The maximum atomic E-state index is 12.1.